The predicted molar refractivity (Wildman–Crippen MR) is 129 cm³/mol. The van der Waals surface area contributed by atoms with E-state index in [2.05, 4.69) is 95.3 Å². The Morgan fingerprint density at radius 3 is 2.30 bits per heavy atom. The van der Waals surface area contributed by atoms with Crippen LogP contribution in [-0.2, 0) is 12.0 Å². The van der Waals surface area contributed by atoms with Crippen LogP contribution in [0.5, 0.6) is 0 Å². The lowest BCUT2D eigenvalue weighted by molar-refractivity contribution is 0.186. The van der Waals surface area contributed by atoms with Gasteiger partial charge in [0.25, 0.3) is 0 Å². The lowest BCUT2D eigenvalue weighted by Crippen LogP contribution is -2.37. The first kappa shape index (κ1) is 23.0. The highest BCUT2D eigenvalue weighted by Gasteiger charge is 2.40. The van der Waals surface area contributed by atoms with Gasteiger partial charge in [0.05, 0.1) is 11.5 Å². The van der Waals surface area contributed by atoms with Crippen molar-refractivity contribution in [1.29, 1.82) is 5.26 Å². The standard InChI is InChI=1S/C27H35BrN2/c1-22(2)30(20-23-10-5-3-6-11-23)19-9-18-27(21-29,24-12-7-4-8-13-24)25-14-16-26(28)17-15-25/h3,5-6,10-11,14-17,22,24H,4,7-9,12-13,18-20H2,1-2H3. The third kappa shape index (κ3) is 5.74. The zero-order chi connectivity index (χ0) is 21.4. The summed E-state index contributed by atoms with van der Waals surface area (Å²) in [5, 5.41) is 10.5. The Hall–Kier alpha value is -1.63. The van der Waals surface area contributed by atoms with Gasteiger partial charge in [-0.1, -0.05) is 77.7 Å². The lowest BCUT2D eigenvalue weighted by atomic mass is 9.63. The van der Waals surface area contributed by atoms with Gasteiger partial charge in [-0.05, 0) is 75.3 Å². The summed E-state index contributed by atoms with van der Waals surface area (Å²) in [7, 11) is 0. The molecule has 0 N–H and O–H groups in total. The Morgan fingerprint density at radius 2 is 1.70 bits per heavy atom. The number of nitriles is 1. The van der Waals surface area contributed by atoms with Gasteiger partial charge < -0.3 is 0 Å². The molecule has 0 aromatic heterocycles. The van der Waals surface area contributed by atoms with Crippen LogP contribution in [0.4, 0.5) is 0 Å². The van der Waals surface area contributed by atoms with Crippen LogP contribution in [0.15, 0.2) is 59.1 Å². The van der Waals surface area contributed by atoms with E-state index in [1.165, 1.54) is 43.2 Å². The fourth-order valence-corrected chi connectivity index (χ4v) is 5.30. The molecule has 0 spiro atoms. The molecular formula is C27H35BrN2. The van der Waals surface area contributed by atoms with Gasteiger partial charge in [0.1, 0.15) is 0 Å². The Balaban J connectivity index is 1.75. The monoisotopic (exact) mass is 466 g/mol. The van der Waals surface area contributed by atoms with Gasteiger partial charge in [-0.15, -0.1) is 0 Å². The van der Waals surface area contributed by atoms with Crippen LogP contribution in [-0.4, -0.2) is 17.5 Å². The van der Waals surface area contributed by atoms with E-state index in [4.69, 9.17) is 0 Å². The third-order valence-corrected chi connectivity index (χ3v) is 7.36. The minimum atomic E-state index is -0.365. The quantitative estimate of drug-likeness (QED) is 0.382. The van der Waals surface area contributed by atoms with Gasteiger partial charge in [0.2, 0.25) is 0 Å². The molecule has 0 radical (unpaired) electrons. The largest absolute Gasteiger partial charge is 0.297 e. The van der Waals surface area contributed by atoms with Crippen molar-refractivity contribution in [3.63, 3.8) is 0 Å². The molecule has 0 heterocycles. The predicted octanol–water partition coefficient (Wildman–Crippen LogP) is 7.48. The molecule has 1 fully saturated rings. The van der Waals surface area contributed by atoms with Crippen molar-refractivity contribution in [2.75, 3.05) is 6.54 Å². The number of halogens is 1. The normalized spacial score (nSPS) is 17.1. The summed E-state index contributed by atoms with van der Waals surface area (Å²) >= 11 is 3.56. The molecule has 3 heteroatoms. The van der Waals surface area contributed by atoms with Crippen LogP contribution in [0.3, 0.4) is 0 Å². The van der Waals surface area contributed by atoms with Crippen molar-refractivity contribution in [1.82, 2.24) is 4.90 Å². The summed E-state index contributed by atoms with van der Waals surface area (Å²) in [6.45, 7) is 6.55. The van der Waals surface area contributed by atoms with Crippen LogP contribution in [0, 0.1) is 17.2 Å². The van der Waals surface area contributed by atoms with Gasteiger partial charge in [-0.3, -0.25) is 4.90 Å². The van der Waals surface area contributed by atoms with Crippen LogP contribution in [0.2, 0.25) is 0 Å². The number of hydrogen-bond donors (Lipinski definition) is 0. The summed E-state index contributed by atoms with van der Waals surface area (Å²) in [6, 6.07) is 22.6. The maximum absolute atomic E-state index is 10.5. The van der Waals surface area contributed by atoms with Crippen molar-refractivity contribution < 1.29 is 0 Å². The van der Waals surface area contributed by atoms with Gasteiger partial charge in [-0.2, -0.15) is 5.26 Å². The summed E-state index contributed by atoms with van der Waals surface area (Å²) in [5.41, 5.74) is 2.20. The molecule has 30 heavy (non-hydrogen) atoms. The van der Waals surface area contributed by atoms with Gasteiger partial charge in [-0.25, -0.2) is 0 Å². The molecule has 1 aliphatic rings. The highest BCUT2D eigenvalue weighted by Crippen LogP contribution is 2.44. The minimum absolute atomic E-state index is 0.365. The Morgan fingerprint density at radius 1 is 1.03 bits per heavy atom. The van der Waals surface area contributed by atoms with E-state index in [1.54, 1.807) is 0 Å². The Bertz CT molecular complexity index is 803. The smallest absolute Gasteiger partial charge is 0.0850 e. The lowest BCUT2D eigenvalue weighted by Gasteiger charge is -2.39. The SMILES string of the molecule is CC(C)N(CCCC(C#N)(c1ccc(Br)cc1)C1CCCCC1)Cc1ccccc1. The average Bonchev–Trinajstić information content (AvgIpc) is 2.78. The van der Waals surface area contributed by atoms with E-state index in [0.29, 0.717) is 12.0 Å². The first-order chi connectivity index (χ1) is 14.5. The highest BCUT2D eigenvalue weighted by molar-refractivity contribution is 9.10. The molecule has 2 nitrogen and oxygen atoms in total. The molecule has 0 amide bonds. The average molecular weight is 467 g/mol. The highest BCUT2D eigenvalue weighted by atomic mass is 79.9. The maximum Gasteiger partial charge on any atom is 0.0850 e. The molecular weight excluding hydrogens is 432 g/mol. The second kappa shape index (κ2) is 11.1. The minimum Gasteiger partial charge on any atom is -0.297 e. The van der Waals surface area contributed by atoms with E-state index >= 15 is 0 Å². The molecule has 1 saturated carbocycles. The molecule has 2 aromatic carbocycles. The molecule has 1 unspecified atom stereocenters. The zero-order valence-electron chi connectivity index (χ0n) is 18.5. The second-order valence-electron chi connectivity index (χ2n) is 9.08. The van der Waals surface area contributed by atoms with Crippen LogP contribution in [0.1, 0.15) is 69.9 Å². The Kier molecular flexibility index (Phi) is 8.54. The molecule has 0 aliphatic heterocycles. The van der Waals surface area contributed by atoms with E-state index < -0.39 is 0 Å². The molecule has 0 bridgehead atoms. The molecule has 1 atom stereocenters. The van der Waals surface area contributed by atoms with E-state index in [-0.39, 0.29) is 5.41 Å². The molecule has 160 valence electrons. The van der Waals surface area contributed by atoms with Gasteiger partial charge >= 0.3 is 0 Å². The van der Waals surface area contributed by atoms with Crippen molar-refractivity contribution in [2.45, 2.75) is 76.8 Å². The summed E-state index contributed by atoms with van der Waals surface area (Å²) in [6.07, 6.45) is 8.19. The molecule has 0 saturated heterocycles. The van der Waals surface area contributed by atoms with Crippen molar-refractivity contribution in [2.24, 2.45) is 5.92 Å². The summed E-state index contributed by atoms with van der Waals surface area (Å²) in [4.78, 5) is 2.54. The fourth-order valence-electron chi connectivity index (χ4n) is 5.04. The first-order valence-corrected chi connectivity index (χ1v) is 12.3. The van der Waals surface area contributed by atoms with Crippen molar-refractivity contribution in [3.05, 3.63) is 70.2 Å². The van der Waals surface area contributed by atoms with Gasteiger partial charge in [0, 0.05) is 17.1 Å². The van der Waals surface area contributed by atoms with E-state index in [1.807, 2.05) is 0 Å². The number of nitrogens with zero attached hydrogens (tertiary/aromatic N) is 2. The number of benzene rings is 2. The van der Waals surface area contributed by atoms with Crippen molar-refractivity contribution in [3.8, 4) is 6.07 Å². The summed E-state index contributed by atoms with van der Waals surface area (Å²) < 4.78 is 1.08. The first-order valence-electron chi connectivity index (χ1n) is 11.5. The van der Waals surface area contributed by atoms with E-state index in [9.17, 15) is 5.26 Å². The van der Waals surface area contributed by atoms with Crippen LogP contribution < -0.4 is 0 Å². The van der Waals surface area contributed by atoms with Gasteiger partial charge in [0.15, 0.2) is 0 Å². The molecule has 1 aliphatic carbocycles. The number of rotatable bonds is 9. The summed E-state index contributed by atoms with van der Waals surface area (Å²) in [5.74, 6) is 0.471. The topological polar surface area (TPSA) is 27.0 Å². The third-order valence-electron chi connectivity index (χ3n) is 6.84. The Labute approximate surface area is 191 Å². The fraction of sp³-hybridized carbons (Fsp3) is 0.519. The van der Waals surface area contributed by atoms with Crippen molar-refractivity contribution >= 4 is 15.9 Å². The van der Waals surface area contributed by atoms with E-state index in [0.717, 1.165) is 30.4 Å². The zero-order valence-corrected chi connectivity index (χ0v) is 20.1. The van der Waals surface area contributed by atoms with Crippen LogP contribution in [0.25, 0.3) is 0 Å². The van der Waals surface area contributed by atoms with Crippen LogP contribution >= 0.6 is 15.9 Å². The number of hydrogen-bond acceptors (Lipinski definition) is 2. The second-order valence-corrected chi connectivity index (χ2v) is 9.99. The molecule has 2 aromatic rings. The molecule has 3 rings (SSSR count). The maximum atomic E-state index is 10.5.